The Morgan fingerprint density at radius 1 is 1.38 bits per heavy atom. The van der Waals surface area contributed by atoms with Gasteiger partial charge >= 0.3 is 0 Å². The number of para-hydroxylation sites is 1. The van der Waals surface area contributed by atoms with Crippen molar-refractivity contribution in [3.63, 3.8) is 0 Å². The molecule has 8 heteroatoms. The maximum atomic E-state index is 13.8. The van der Waals surface area contributed by atoms with Gasteiger partial charge in [-0.3, -0.25) is 9.48 Å². The second-order valence-electron chi connectivity index (χ2n) is 6.71. The van der Waals surface area contributed by atoms with Crippen LogP contribution in [0, 0.1) is 5.82 Å². The normalized spacial score (nSPS) is 17.0. The first kappa shape index (κ1) is 16.7. The standard InChI is InChI=1S/C18H20FN5O2/c1-23-10-12(9-20-23)16(25)18(26)24-7-5-11(6-8-24)17-21-14-4-2-3-13(19)15(14)22-17/h2-4,9-11,16,25H,5-8H2,1H3,(H,21,22). The molecule has 2 aromatic heterocycles. The summed E-state index contributed by atoms with van der Waals surface area (Å²) in [6.07, 6.45) is 3.37. The van der Waals surface area contributed by atoms with Gasteiger partial charge in [0.2, 0.25) is 0 Å². The number of aliphatic hydroxyl groups is 1. The number of hydrogen-bond acceptors (Lipinski definition) is 4. The molecule has 1 aliphatic heterocycles. The van der Waals surface area contributed by atoms with Crippen molar-refractivity contribution in [3.05, 3.63) is 47.8 Å². The number of nitrogens with one attached hydrogen (secondary N) is 1. The lowest BCUT2D eigenvalue weighted by atomic mass is 9.95. The van der Waals surface area contributed by atoms with E-state index in [4.69, 9.17) is 0 Å². The smallest absolute Gasteiger partial charge is 0.256 e. The summed E-state index contributed by atoms with van der Waals surface area (Å²) in [6, 6.07) is 4.85. The second kappa shape index (κ2) is 6.53. The molecule has 0 aliphatic carbocycles. The molecule has 0 bridgehead atoms. The first-order chi connectivity index (χ1) is 12.5. The SMILES string of the molecule is Cn1cc(C(O)C(=O)N2CCC(c3nc4c(F)cccc4[nH]3)CC2)cn1. The lowest BCUT2D eigenvalue weighted by molar-refractivity contribution is -0.141. The summed E-state index contributed by atoms with van der Waals surface area (Å²) in [7, 11) is 1.74. The Hall–Kier alpha value is -2.74. The first-order valence-corrected chi connectivity index (χ1v) is 8.62. The largest absolute Gasteiger partial charge is 0.378 e. The average molecular weight is 357 g/mol. The number of rotatable bonds is 3. The van der Waals surface area contributed by atoms with E-state index in [1.165, 1.54) is 12.3 Å². The van der Waals surface area contributed by atoms with Crippen LogP contribution in [0.15, 0.2) is 30.6 Å². The van der Waals surface area contributed by atoms with Gasteiger partial charge < -0.3 is 15.0 Å². The fourth-order valence-electron chi connectivity index (χ4n) is 3.48. The molecule has 1 unspecified atom stereocenters. The van der Waals surface area contributed by atoms with Crippen molar-refractivity contribution in [2.45, 2.75) is 24.9 Å². The Bertz CT molecular complexity index is 942. The number of aromatic nitrogens is 4. The fourth-order valence-corrected chi connectivity index (χ4v) is 3.48. The third-order valence-corrected chi connectivity index (χ3v) is 4.95. The number of carbonyl (C=O) groups excluding carboxylic acids is 1. The quantitative estimate of drug-likeness (QED) is 0.749. The molecule has 0 saturated carbocycles. The summed E-state index contributed by atoms with van der Waals surface area (Å²) in [6.45, 7) is 1.06. The molecule has 1 saturated heterocycles. The van der Waals surface area contributed by atoms with Crippen molar-refractivity contribution in [1.82, 2.24) is 24.6 Å². The van der Waals surface area contributed by atoms with Gasteiger partial charge in [0.25, 0.3) is 5.91 Å². The summed E-state index contributed by atoms with van der Waals surface area (Å²) in [5.74, 6) is 0.246. The minimum atomic E-state index is -1.19. The van der Waals surface area contributed by atoms with E-state index < -0.39 is 6.10 Å². The van der Waals surface area contributed by atoms with Crippen LogP contribution in [0.2, 0.25) is 0 Å². The van der Waals surface area contributed by atoms with Crippen LogP contribution in [0.4, 0.5) is 4.39 Å². The Kier molecular flexibility index (Phi) is 4.20. The van der Waals surface area contributed by atoms with Crippen molar-refractivity contribution in [2.24, 2.45) is 7.05 Å². The average Bonchev–Trinajstić information content (AvgIpc) is 3.28. The van der Waals surface area contributed by atoms with Gasteiger partial charge in [-0.1, -0.05) is 6.07 Å². The Morgan fingerprint density at radius 2 is 2.15 bits per heavy atom. The number of piperidine rings is 1. The summed E-state index contributed by atoms with van der Waals surface area (Å²) >= 11 is 0. The number of H-pyrrole nitrogens is 1. The molecule has 1 amide bonds. The van der Waals surface area contributed by atoms with Crippen molar-refractivity contribution < 1.29 is 14.3 Å². The maximum Gasteiger partial charge on any atom is 0.256 e. The van der Waals surface area contributed by atoms with Crippen molar-refractivity contribution >= 4 is 16.9 Å². The number of aryl methyl sites for hydroxylation is 1. The fraction of sp³-hybridized carbons (Fsp3) is 0.389. The highest BCUT2D eigenvalue weighted by Gasteiger charge is 2.30. The maximum absolute atomic E-state index is 13.8. The third kappa shape index (κ3) is 2.96. The van der Waals surface area contributed by atoms with Crippen LogP contribution in [0.3, 0.4) is 0 Å². The lowest BCUT2D eigenvalue weighted by Crippen LogP contribution is -2.40. The van der Waals surface area contributed by atoms with E-state index in [1.54, 1.807) is 35.0 Å². The van der Waals surface area contributed by atoms with Gasteiger partial charge in [0.15, 0.2) is 11.9 Å². The number of aromatic amines is 1. The summed E-state index contributed by atoms with van der Waals surface area (Å²) in [4.78, 5) is 21.7. The van der Waals surface area contributed by atoms with Crippen molar-refractivity contribution in [3.8, 4) is 0 Å². The van der Waals surface area contributed by atoms with Gasteiger partial charge in [0.05, 0.1) is 11.7 Å². The molecule has 136 valence electrons. The number of carbonyl (C=O) groups is 1. The monoisotopic (exact) mass is 357 g/mol. The zero-order valence-corrected chi connectivity index (χ0v) is 14.4. The molecule has 4 rings (SSSR count). The van der Waals surface area contributed by atoms with E-state index in [9.17, 15) is 14.3 Å². The van der Waals surface area contributed by atoms with E-state index >= 15 is 0 Å². The molecule has 7 nitrogen and oxygen atoms in total. The Labute approximate surface area is 149 Å². The van der Waals surface area contributed by atoms with Crippen LogP contribution in [-0.2, 0) is 11.8 Å². The second-order valence-corrected chi connectivity index (χ2v) is 6.71. The number of hydrogen-bond donors (Lipinski definition) is 2. The van der Waals surface area contributed by atoms with Gasteiger partial charge in [-0.05, 0) is 25.0 Å². The molecule has 1 aromatic carbocycles. The summed E-state index contributed by atoms with van der Waals surface area (Å²) in [5.41, 5.74) is 1.53. The number of fused-ring (bicyclic) bond motifs is 1. The molecule has 3 aromatic rings. The molecular weight excluding hydrogens is 337 g/mol. The van der Waals surface area contributed by atoms with Crippen molar-refractivity contribution in [2.75, 3.05) is 13.1 Å². The number of likely N-dealkylation sites (tertiary alicyclic amines) is 1. The highest BCUT2D eigenvalue weighted by Crippen LogP contribution is 2.29. The molecule has 0 spiro atoms. The number of benzene rings is 1. The Morgan fingerprint density at radius 3 is 2.81 bits per heavy atom. The number of imidazole rings is 1. The van der Waals surface area contributed by atoms with Crippen LogP contribution in [0.25, 0.3) is 11.0 Å². The van der Waals surface area contributed by atoms with Gasteiger partial charge in [0, 0.05) is 37.8 Å². The van der Waals surface area contributed by atoms with Gasteiger partial charge in [-0.25, -0.2) is 9.37 Å². The summed E-state index contributed by atoms with van der Waals surface area (Å²) < 4.78 is 15.4. The molecular formula is C18H20FN5O2. The lowest BCUT2D eigenvalue weighted by Gasteiger charge is -2.32. The van der Waals surface area contributed by atoms with Crippen LogP contribution >= 0.6 is 0 Å². The minimum Gasteiger partial charge on any atom is -0.378 e. The molecule has 0 radical (unpaired) electrons. The van der Waals surface area contributed by atoms with Crippen LogP contribution < -0.4 is 0 Å². The number of nitrogens with zero attached hydrogens (tertiary/aromatic N) is 4. The predicted molar refractivity (Wildman–Crippen MR) is 92.8 cm³/mol. The van der Waals surface area contributed by atoms with Crippen LogP contribution in [0.5, 0.6) is 0 Å². The molecule has 1 atom stereocenters. The van der Waals surface area contributed by atoms with E-state index in [-0.39, 0.29) is 17.6 Å². The van der Waals surface area contributed by atoms with Gasteiger partial charge in [-0.2, -0.15) is 5.10 Å². The van der Waals surface area contributed by atoms with E-state index in [1.807, 2.05) is 0 Å². The third-order valence-electron chi connectivity index (χ3n) is 4.95. The molecule has 26 heavy (non-hydrogen) atoms. The summed E-state index contributed by atoms with van der Waals surface area (Å²) in [5, 5.41) is 14.2. The van der Waals surface area contributed by atoms with E-state index in [2.05, 4.69) is 15.1 Å². The first-order valence-electron chi connectivity index (χ1n) is 8.62. The highest BCUT2D eigenvalue weighted by molar-refractivity contribution is 5.82. The molecule has 1 aliphatic rings. The Balaban J connectivity index is 1.43. The number of aliphatic hydroxyl groups excluding tert-OH is 1. The van der Waals surface area contributed by atoms with Crippen LogP contribution in [0.1, 0.15) is 36.3 Å². The predicted octanol–water partition coefficient (Wildman–Crippen LogP) is 1.88. The molecule has 3 heterocycles. The van der Waals surface area contributed by atoms with E-state index in [0.29, 0.717) is 42.5 Å². The zero-order chi connectivity index (χ0) is 18.3. The highest BCUT2D eigenvalue weighted by atomic mass is 19.1. The molecule has 2 N–H and O–H groups in total. The molecule has 1 fully saturated rings. The number of amides is 1. The van der Waals surface area contributed by atoms with Crippen LogP contribution in [-0.4, -0.2) is 48.8 Å². The van der Waals surface area contributed by atoms with Gasteiger partial charge in [-0.15, -0.1) is 0 Å². The topological polar surface area (TPSA) is 87.0 Å². The minimum absolute atomic E-state index is 0.140. The number of halogens is 1. The van der Waals surface area contributed by atoms with E-state index in [0.717, 1.165) is 5.82 Å². The van der Waals surface area contributed by atoms with Gasteiger partial charge in [0.1, 0.15) is 11.3 Å². The zero-order valence-electron chi connectivity index (χ0n) is 14.4. The van der Waals surface area contributed by atoms with Crippen molar-refractivity contribution in [1.29, 1.82) is 0 Å².